The SMILES string of the molecule is COc1cc(N2CCN([C@H](C)c3ccc(OC)c(OC)c3)CC2)ccc1F.COc1cc(N2CCN([C@H](C)c3ccc(OC)c(OC)c3)[C@@H](C)C2)ccc1Cl. The molecule has 0 aliphatic carbocycles. The highest BCUT2D eigenvalue weighted by Crippen LogP contribution is 2.36. The zero-order valence-corrected chi connectivity index (χ0v) is 34.4. The van der Waals surface area contributed by atoms with Gasteiger partial charge in [0, 0.05) is 87.4 Å². The van der Waals surface area contributed by atoms with Crippen molar-refractivity contribution >= 4 is 23.0 Å². The predicted octanol–water partition coefficient (Wildman–Crippen LogP) is 8.37. The lowest BCUT2D eigenvalue weighted by Crippen LogP contribution is -2.52. The van der Waals surface area contributed by atoms with E-state index in [1.54, 1.807) is 41.6 Å². The Morgan fingerprint density at radius 3 is 1.58 bits per heavy atom. The van der Waals surface area contributed by atoms with Gasteiger partial charge >= 0.3 is 0 Å². The van der Waals surface area contributed by atoms with Gasteiger partial charge in [-0.25, -0.2) is 4.39 Å². The van der Waals surface area contributed by atoms with E-state index in [1.807, 2.05) is 36.4 Å². The van der Waals surface area contributed by atoms with Gasteiger partial charge in [0.1, 0.15) is 5.75 Å². The summed E-state index contributed by atoms with van der Waals surface area (Å²) in [7, 11) is 9.77. The van der Waals surface area contributed by atoms with Gasteiger partial charge in [-0.1, -0.05) is 23.7 Å². The molecule has 4 aromatic rings. The maximum Gasteiger partial charge on any atom is 0.165 e. The van der Waals surface area contributed by atoms with Gasteiger partial charge in [0.05, 0.1) is 47.7 Å². The standard InChI is InChI=1S/C22H29ClN2O3.C21H27FN2O3/c1-15-14-24(18-7-8-19(23)21(13-18)27-4)10-11-25(15)16(2)17-6-9-20(26-3)22(12-17)28-5;1-15(16-5-8-19(25-2)21(13-16)27-4)23-9-11-24(12-10-23)17-6-7-18(22)20(14-17)26-3/h6-9,12-13,15-16H,10-11,14H2,1-5H3;5-8,13-15H,9-12H2,1-4H3/t15-,16+;15-/m01/s1. The van der Waals surface area contributed by atoms with Crippen molar-refractivity contribution in [1.82, 2.24) is 9.80 Å². The number of benzene rings is 4. The quantitative estimate of drug-likeness (QED) is 0.140. The summed E-state index contributed by atoms with van der Waals surface area (Å²) >= 11 is 6.17. The highest BCUT2D eigenvalue weighted by molar-refractivity contribution is 6.32. The molecular weight excluding hydrogens is 723 g/mol. The van der Waals surface area contributed by atoms with E-state index >= 15 is 0 Å². The number of nitrogens with zero attached hydrogens (tertiary/aromatic N) is 4. The van der Waals surface area contributed by atoms with Gasteiger partial charge in [-0.2, -0.15) is 0 Å². The van der Waals surface area contributed by atoms with Crippen LogP contribution in [0.25, 0.3) is 0 Å². The van der Waals surface area contributed by atoms with E-state index in [4.69, 9.17) is 40.0 Å². The number of anilines is 2. The molecule has 0 unspecified atom stereocenters. The summed E-state index contributed by atoms with van der Waals surface area (Å²) in [5.74, 6) is 3.69. The van der Waals surface area contributed by atoms with Crippen LogP contribution in [-0.4, -0.2) is 104 Å². The first-order chi connectivity index (χ1) is 26.5. The largest absolute Gasteiger partial charge is 0.495 e. The van der Waals surface area contributed by atoms with Crippen LogP contribution in [0.3, 0.4) is 0 Å². The molecule has 0 bridgehead atoms. The summed E-state index contributed by atoms with van der Waals surface area (Å²) in [4.78, 5) is 9.63. The molecule has 2 fully saturated rings. The van der Waals surface area contributed by atoms with E-state index in [0.29, 0.717) is 16.8 Å². The van der Waals surface area contributed by atoms with E-state index in [2.05, 4.69) is 64.6 Å². The maximum absolute atomic E-state index is 13.6. The Hall–Kier alpha value is -4.58. The van der Waals surface area contributed by atoms with E-state index in [9.17, 15) is 4.39 Å². The van der Waals surface area contributed by atoms with Gasteiger partial charge < -0.3 is 38.2 Å². The second kappa shape index (κ2) is 19.3. The van der Waals surface area contributed by atoms with Crippen LogP contribution in [0.5, 0.6) is 34.5 Å². The third-order valence-corrected chi connectivity index (χ3v) is 11.1. The topological polar surface area (TPSA) is 68.3 Å². The molecule has 10 nitrogen and oxygen atoms in total. The van der Waals surface area contributed by atoms with Crippen molar-refractivity contribution < 1.29 is 32.8 Å². The summed E-state index contributed by atoms with van der Waals surface area (Å²) in [6, 6.07) is 24.2. The van der Waals surface area contributed by atoms with Crippen LogP contribution in [0.2, 0.25) is 5.02 Å². The van der Waals surface area contributed by atoms with Crippen molar-refractivity contribution in [3.8, 4) is 34.5 Å². The number of methoxy groups -OCH3 is 6. The van der Waals surface area contributed by atoms with Crippen molar-refractivity contribution in [2.45, 2.75) is 38.9 Å². The van der Waals surface area contributed by atoms with Gasteiger partial charge in [0.2, 0.25) is 0 Å². The molecule has 3 atom stereocenters. The summed E-state index contributed by atoms with van der Waals surface area (Å²) in [5, 5.41) is 0.639. The molecule has 0 saturated carbocycles. The molecule has 2 saturated heterocycles. The van der Waals surface area contributed by atoms with Crippen molar-refractivity contribution in [2.24, 2.45) is 0 Å². The number of piperazine rings is 2. The zero-order valence-electron chi connectivity index (χ0n) is 33.6. The highest BCUT2D eigenvalue weighted by atomic mass is 35.5. The fourth-order valence-electron chi connectivity index (χ4n) is 7.47. The average molecular weight is 779 g/mol. The summed E-state index contributed by atoms with van der Waals surface area (Å²) in [5.41, 5.74) is 4.56. The molecule has 0 N–H and O–H groups in total. The van der Waals surface area contributed by atoms with Crippen molar-refractivity contribution in [3.63, 3.8) is 0 Å². The molecule has 12 heteroatoms. The molecule has 55 heavy (non-hydrogen) atoms. The van der Waals surface area contributed by atoms with Crippen molar-refractivity contribution in [1.29, 1.82) is 0 Å². The number of hydrogen-bond acceptors (Lipinski definition) is 10. The van der Waals surface area contributed by atoms with Crippen LogP contribution >= 0.6 is 11.6 Å². The van der Waals surface area contributed by atoms with Crippen LogP contribution in [-0.2, 0) is 0 Å². The molecule has 298 valence electrons. The molecule has 0 spiro atoms. The smallest absolute Gasteiger partial charge is 0.165 e. The lowest BCUT2D eigenvalue weighted by atomic mass is 10.0. The van der Waals surface area contributed by atoms with Crippen LogP contribution in [0.15, 0.2) is 72.8 Å². The first-order valence-corrected chi connectivity index (χ1v) is 19.0. The Labute approximate surface area is 331 Å². The van der Waals surface area contributed by atoms with E-state index in [-0.39, 0.29) is 23.7 Å². The van der Waals surface area contributed by atoms with Crippen molar-refractivity contribution in [3.05, 3.63) is 94.8 Å². The summed E-state index contributed by atoms with van der Waals surface area (Å²) in [6.45, 7) is 13.2. The van der Waals surface area contributed by atoms with Crippen LogP contribution < -0.4 is 38.2 Å². The fourth-order valence-corrected chi connectivity index (χ4v) is 7.66. The zero-order chi connectivity index (χ0) is 39.6. The van der Waals surface area contributed by atoms with E-state index in [1.165, 1.54) is 24.3 Å². The molecule has 0 aromatic heterocycles. The second-order valence-corrected chi connectivity index (χ2v) is 14.2. The molecule has 6 rings (SSSR count). The maximum atomic E-state index is 13.6. The van der Waals surface area contributed by atoms with Gasteiger partial charge in [0.15, 0.2) is 34.6 Å². The number of rotatable bonds is 12. The minimum atomic E-state index is -0.332. The summed E-state index contributed by atoms with van der Waals surface area (Å²) < 4.78 is 45.7. The van der Waals surface area contributed by atoms with Crippen LogP contribution in [0.4, 0.5) is 15.8 Å². The molecule has 4 aromatic carbocycles. The lowest BCUT2D eigenvalue weighted by molar-refractivity contribution is 0.138. The Balaban J connectivity index is 0.000000211. The van der Waals surface area contributed by atoms with E-state index in [0.717, 1.165) is 80.2 Å². The van der Waals surface area contributed by atoms with Crippen LogP contribution in [0, 0.1) is 5.82 Å². The summed E-state index contributed by atoms with van der Waals surface area (Å²) in [6.07, 6.45) is 0. The first-order valence-electron chi connectivity index (χ1n) is 18.7. The third kappa shape index (κ3) is 9.81. The Bertz CT molecular complexity index is 1860. The van der Waals surface area contributed by atoms with Gasteiger partial charge in [-0.3, -0.25) is 9.80 Å². The first kappa shape index (κ1) is 41.6. The van der Waals surface area contributed by atoms with Gasteiger partial charge in [-0.15, -0.1) is 0 Å². The number of halogens is 2. The molecule has 0 amide bonds. The molecule has 2 aliphatic heterocycles. The van der Waals surface area contributed by atoms with E-state index < -0.39 is 0 Å². The Kier molecular flexibility index (Phi) is 14.6. The monoisotopic (exact) mass is 778 g/mol. The molecule has 2 heterocycles. The molecule has 0 radical (unpaired) electrons. The Morgan fingerprint density at radius 2 is 1.04 bits per heavy atom. The minimum absolute atomic E-state index is 0.273. The van der Waals surface area contributed by atoms with Crippen LogP contribution in [0.1, 0.15) is 44.0 Å². The fraction of sp³-hybridized carbons (Fsp3) is 0.442. The number of hydrogen-bond donors (Lipinski definition) is 0. The lowest BCUT2D eigenvalue weighted by Gasteiger charge is -2.44. The van der Waals surface area contributed by atoms with Crippen molar-refractivity contribution in [2.75, 3.05) is 98.3 Å². The average Bonchev–Trinajstić information content (AvgIpc) is 3.23. The van der Waals surface area contributed by atoms with Gasteiger partial charge in [0.25, 0.3) is 0 Å². The second-order valence-electron chi connectivity index (χ2n) is 13.8. The van der Waals surface area contributed by atoms with Gasteiger partial charge in [-0.05, 0) is 80.4 Å². The minimum Gasteiger partial charge on any atom is -0.495 e. The third-order valence-electron chi connectivity index (χ3n) is 10.8. The molecular formula is C43H56ClFN4O6. The predicted molar refractivity (Wildman–Crippen MR) is 219 cm³/mol. The number of ether oxygens (including phenoxy) is 6. The highest BCUT2D eigenvalue weighted by Gasteiger charge is 2.29. The Morgan fingerprint density at radius 1 is 0.545 bits per heavy atom. The normalized spacial score (nSPS) is 17.4. The molecule has 2 aliphatic rings.